The molecule has 2 fully saturated rings. The average molecular weight is 467 g/mol. The van der Waals surface area contributed by atoms with Crippen molar-refractivity contribution in [3.63, 3.8) is 0 Å². The number of likely N-dealkylation sites (tertiary alicyclic amines) is 1. The van der Waals surface area contributed by atoms with E-state index in [1.165, 1.54) is 0 Å². The van der Waals surface area contributed by atoms with Gasteiger partial charge in [-0.1, -0.05) is 25.1 Å². The predicted molar refractivity (Wildman–Crippen MR) is 129 cm³/mol. The minimum Gasteiger partial charge on any atom is -0.490 e. The molecule has 8 heteroatoms. The molecule has 34 heavy (non-hydrogen) atoms. The second-order valence-electron chi connectivity index (χ2n) is 10.1. The fourth-order valence-electron chi connectivity index (χ4n) is 4.33. The number of nitrogens with one attached hydrogen (secondary N) is 1. The van der Waals surface area contributed by atoms with Crippen LogP contribution in [0.25, 0.3) is 0 Å². The predicted octanol–water partition coefficient (Wildman–Crippen LogP) is 4.48. The molecular formula is C26H34N4O4. The maximum absolute atomic E-state index is 12.6. The smallest absolute Gasteiger partial charge is 0.410 e. The van der Waals surface area contributed by atoms with Crippen LogP contribution in [0.4, 0.5) is 10.6 Å². The summed E-state index contributed by atoms with van der Waals surface area (Å²) in [6, 6.07) is 13.6. The van der Waals surface area contributed by atoms with Gasteiger partial charge in [0.15, 0.2) is 0 Å². The van der Waals surface area contributed by atoms with Gasteiger partial charge in [0.1, 0.15) is 23.3 Å². The summed E-state index contributed by atoms with van der Waals surface area (Å²) in [5.74, 6) is 1.57. The van der Waals surface area contributed by atoms with E-state index in [1.54, 1.807) is 16.1 Å². The van der Waals surface area contributed by atoms with Crippen LogP contribution in [0.5, 0.6) is 5.75 Å². The van der Waals surface area contributed by atoms with E-state index in [4.69, 9.17) is 9.47 Å². The number of hydrogen-bond donors (Lipinski definition) is 1. The Labute approximate surface area is 201 Å². The summed E-state index contributed by atoms with van der Waals surface area (Å²) in [6.07, 6.45) is 3.47. The second kappa shape index (κ2) is 10.0. The number of amides is 2. The number of anilines is 1. The summed E-state index contributed by atoms with van der Waals surface area (Å²) in [4.78, 5) is 30.9. The van der Waals surface area contributed by atoms with Crippen LogP contribution in [0.15, 0.2) is 48.7 Å². The Kier molecular flexibility index (Phi) is 7.07. The van der Waals surface area contributed by atoms with Gasteiger partial charge in [-0.2, -0.15) is 0 Å². The number of piperidine rings is 1. The summed E-state index contributed by atoms with van der Waals surface area (Å²) >= 11 is 0. The van der Waals surface area contributed by atoms with Crippen LogP contribution in [0.3, 0.4) is 0 Å². The first-order valence-electron chi connectivity index (χ1n) is 11.9. The number of rotatable bonds is 4. The van der Waals surface area contributed by atoms with Gasteiger partial charge in [-0.3, -0.25) is 4.79 Å². The highest BCUT2D eigenvalue weighted by Crippen LogP contribution is 2.32. The van der Waals surface area contributed by atoms with Crippen LogP contribution < -0.4 is 15.2 Å². The number of nitrogens with zero attached hydrogens (tertiary/aromatic N) is 3. The summed E-state index contributed by atoms with van der Waals surface area (Å²) in [7, 11) is 0. The molecular weight excluding hydrogens is 432 g/mol. The number of carbonyl (C=O) groups is 2. The third-order valence-corrected chi connectivity index (χ3v) is 6.10. The van der Waals surface area contributed by atoms with Crippen molar-refractivity contribution in [3.8, 4) is 5.75 Å². The van der Waals surface area contributed by atoms with E-state index in [0.717, 1.165) is 24.2 Å². The molecule has 2 aliphatic rings. The van der Waals surface area contributed by atoms with Gasteiger partial charge in [0, 0.05) is 38.5 Å². The van der Waals surface area contributed by atoms with Gasteiger partial charge in [-0.05, 0) is 56.5 Å². The molecule has 1 aromatic heterocycles. The SMILES string of the molecule is CC1CC(=O)N(c2ccccn2)NC1c1ccc(OC2CCN(C(=O)OC(C)(C)C)CC2)cc1. The van der Waals surface area contributed by atoms with Crippen LogP contribution in [0.1, 0.15) is 58.6 Å². The maximum atomic E-state index is 12.6. The second-order valence-corrected chi connectivity index (χ2v) is 10.1. The van der Waals surface area contributed by atoms with E-state index < -0.39 is 5.60 Å². The van der Waals surface area contributed by atoms with Gasteiger partial charge in [0.2, 0.25) is 5.91 Å². The van der Waals surface area contributed by atoms with Gasteiger partial charge < -0.3 is 14.4 Å². The monoisotopic (exact) mass is 466 g/mol. The molecule has 0 aliphatic carbocycles. The van der Waals surface area contributed by atoms with Crippen molar-refractivity contribution in [2.75, 3.05) is 18.1 Å². The number of hydrogen-bond acceptors (Lipinski definition) is 6. The number of hydrazine groups is 1. The zero-order chi connectivity index (χ0) is 24.3. The van der Waals surface area contributed by atoms with Crippen LogP contribution in [0, 0.1) is 5.92 Å². The van der Waals surface area contributed by atoms with Crippen LogP contribution in [-0.4, -0.2) is 46.7 Å². The fourth-order valence-corrected chi connectivity index (χ4v) is 4.33. The highest BCUT2D eigenvalue weighted by Gasteiger charge is 2.33. The molecule has 2 aliphatic heterocycles. The summed E-state index contributed by atoms with van der Waals surface area (Å²) in [5.41, 5.74) is 3.95. The molecule has 1 aromatic carbocycles. The van der Waals surface area contributed by atoms with Gasteiger partial charge >= 0.3 is 6.09 Å². The third kappa shape index (κ3) is 5.86. The highest BCUT2D eigenvalue weighted by atomic mass is 16.6. The minimum absolute atomic E-state index is 0.00850. The van der Waals surface area contributed by atoms with E-state index in [-0.39, 0.29) is 30.1 Å². The Morgan fingerprint density at radius 2 is 1.79 bits per heavy atom. The molecule has 1 N–H and O–H groups in total. The lowest BCUT2D eigenvalue weighted by molar-refractivity contribution is -0.122. The van der Waals surface area contributed by atoms with E-state index in [0.29, 0.717) is 25.3 Å². The van der Waals surface area contributed by atoms with Gasteiger partial charge in [0.25, 0.3) is 0 Å². The summed E-state index contributed by atoms with van der Waals surface area (Å²) in [6.45, 7) is 8.96. The molecule has 2 atom stereocenters. The Balaban J connectivity index is 1.33. The number of aromatic nitrogens is 1. The number of pyridine rings is 1. The van der Waals surface area contributed by atoms with Crippen molar-refractivity contribution in [2.45, 2.75) is 64.7 Å². The van der Waals surface area contributed by atoms with Gasteiger partial charge in [-0.25, -0.2) is 20.2 Å². The molecule has 8 nitrogen and oxygen atoms in total. The first kappa shape index (κ1) is 24.0. The molecule has 182 valence electrons. The molecule has 0 spiro atoms. The number of carbonyl (C=O) groups excluding carboxylic acids is 2. The van der Waals surface area contributed by atoms with Crippen LogP contribution in [-0.2, 0) is 9.53 Å². The van der Waals surface area contributed by atoms with Gasteiger partial charge in [-0.15, -0.1) is 0 Å². The van der Waals surface area contributed by atoms with Crippen molar-refractivity contribution in [2.24, 2.45) is 5.92 Å². The first-order chi connectivity index (χ1) is 16.2. The Morgan fingerprint density at radius 3 is 2.41 bits per heavy atom. The van der Waals surface area contributed by atoms with Crippen molar-refractivity contribution in [1.29, 1.82) is 0 Å². The topological polar surface area (TPSA) is 84.0 Å². The van der Waals surface area contributed by atoms with E-state index in [1.807, 2.05) is 63.2 Å². The summed E-state index contributed by atoms with van der Waals surface area (Å²) < 4.78 is 11.7. The molecule has 0 saturated carbocycles. The molecule has 2 saturated heterocycles. The largest absolute Gasteiger partial charge is 0.490 e. The Hall–Kier alpha value is -3.13. The standard InChI is InChI=1S/C26H34N4O4/c1-18-17-23(31)30(22-7-5-6-14-27-22)28-24(18)19-8-10-20(11-9-19)33-21-12-15-29(16-13-21)25(32)34-26(2,3)4/h5-11,14,18,21,24,28H,12-13,15-17H2,1-4H3. The Morgan fingerprint density at radius 1 is 1.09 bits per heavy atom. The Bertz CT molecular complexity index is 982. The van der Waals surface area contributed by atoms with Crippen molar-refractivity contribution < 1.29 is 19.1 Å². The molecule has 4 rings (SSSR count). The third-order valence-electron chi connectivity index (χ3n) is 6.10. The molecule has 2 aromatic rings. The molecule has 0 radical (unpaired) electrons. The lowest BCUT2D eigenvalue weighted by Gasteiger charge is -2.37. The highest BCUT2D eigenvalue weighted by molar-refractivity contribution is 5.92. The summed E-state index contributed by atoms with van der Waals surface area (Å²) in [5, 5.41) is 1.55. The molecule has 2 amide bonds. The maximum Gasteiger partial charge on any atom is 0.410 e. The quantitative estimate of drug-likeness (QED) is 0.715. The van der Waals surface area contributed by atoms with E-state index in [9.17, 15) is 9.59 Å². The zero-order valence-corrected chi connectivity index (χ0v) is 20.4. The van der Waals surface area contributed by atoms with E-state index >= 15 is 0 Å². The van der Waals surface area contributed by atoms with E-state index in [2.05, 4.69) is 17.3 Å². The number of ether oxygens (including phenoxy) is 2. The number of benzene rings is 1. The zero-order valence-electron chi connectivity index (χ0n) is 20.4. The van der Waals surface area contributed by atoms with Gasteiger partial charge in [0.05, 0.1) is 6.04 Å². The van der Waals surface area contributed by atoms with Crippen LogP contribution >= 0.6 is 0 Å². The fraction of sp³-hybridized carbons (Fsp3) is 0.500. The first-order valence-corrected chi connectivity index (χ1v) is 11.9. The van der Waals surface area contributed by atoms with Crippen molar-refractivity contribution in [1.82, 2.24) is 15.3 Å². The molecule has 2 unspecified atom stereocenters. The molecule has 3 heterocycles. The normalized spacial score (nSPS) is 21.9. The molecule has 0 bridgehead atoms. The average Bonchev–Trinajstić information content (AvgIpc) is 2.80. The minimum atomic E-state index is -0.487. The lowest BCUT2D eigenvalue weighted by atomic mass is 9.90. The van der Waals surface area contributed by atoms with Crippen LogP contribution in [0.2, 0.25) is 0 Å². The van der Waals surface area contributed by atoms with Crippen molar-refractivity contribution in [3.05, 3.63) is 54.2 Å². The lowest BCUT2D eigenvalue weighted by Crippen LogP contribution is -2.52. The van der Waals surface area contributed by atoms with Crippen molar-refractivity contribution >= 4 is 17.8 Å².